The van der Waals surface area contributed by atoms with Gasteiger partial charge >= 0.3 is 0 Å². The van der Waals surface area contributed by atoms with Gasteiger partial charge in [0.05, 0.1) is 27.0 Å². The second-order valence-electron chi connectivity index (χ2n) is 8.63. The molecular weight excluding hydrogens is 602 g/mol. The van der Waals surface area contributed by atoms with Crippen LogP contribution < -0.4 is 10.6 Å². The summed E-state index contributed by atoms with van der Waals surface area (Å²) in [6, 6.07) is 18.0. The molecule has 0 saturated heterocycles. The van der Waals surface area contributed by atoms with Gasteiger partial charge in [-0.2, -0.15) is 4.31 Å². The van der Waals surface area contributed by atoms with E-state index in [0.717, 1.165) is 20.9 Å². The molecule has 7 nitrogen and oxygen atoms in total. The topological polar surface area (TPSA) is 91.4 Å². The van der Waals surface area contributed by atoms with E-state index in [1.54, 1.807) is 36.5 Å². The van der Waals surface area contributed by atoms with E-state index in [0.29, 0.717) is 45.2 Å². The average Bonchev–Trinajstić information content (AvgIpc) is 2.90. The van der Waals surface area contributed by atoms with E-state index in [4.69, 9.17) is 46.4 Å². The van der Waals surface area contributed by atoms with E-state index in [1.165, 1.54) is 24.3 Å². The molecule has 2 N–H and O–H groups in total. The Kier molecular flexibility index (Phi) is 9.93. The molecule has 3 aromatic carbocycles. The van der Waals surface area contributed by atoms with Crippen molar-refractivity contribution in [3.8, 4) is 0 Å². The van der Waals surface area contributed by atoms with Gasteiger partial charge in [0.1, 0.15) is 0 Å². The Morgan fingerprint density at radius 1 is 0.846 bits per heavy atom. The Bertz CT molecular complexity index is 1580. The van der Waals surface area contributed by atoms with Crippen LogP contribution in [0.15, 0.2) is 77.8 Å². The van der Waals surface area contributed by atoms with Crippen molar-refractivity contribution in [2.45, 2.75) is 17.9 Å². The van der Waals surface area contributed by atoms with Crippen LogP contribution in [0.5, 0.6) is 0 Å². The standard InChI is InChI=1S/C27H24Cl4N4O3S/c28-19-3-6-21(7-4-19)39(37,38)35(16-18-2-9-23(30)24(31)14-18)17-27(36)34-12-1-11-32-25-10-13-33-26-15-20(29)5-8-22(25)26/h2-10,13-15H,1,11-12,16-17H2,(H,32,33)(H,34,36). The van der Waals surface area contributed by atoms with E-state index in [9.17, 15) is 13.2 Å². The van der Waals surface area contributed by atoms with Gasteiger partial charge in [-0.05, 0) is 72.6 Å². The SMILES string of the molecule is O=C(CN(Cc1ccc(Cl)c(Cl)c1)S(=O)(=O)c1ccc(Cl)cc1)NCCCNc1ccnc2cc(Cl)ccc12. The molecule has 4 aromatic rings. The highest BCUT2D eigenvalue weighted by molar-refractivity contribution is 7.89. The molecule has 1 heterocycles. The van der Waals surface area contributed by atoms with Crippen molar-refractivity contribution in [2.75, 3.05) is 25.0 Å². The van der Waals surface area contributed by atoms with Crippen LogP contribution >= 0.6 is 46.4 Å². The molecule has 0 atom stereocenters. The van der Waals surface area contributed by atoms with E-state index in [1.807, 2.05) is 12.1 Å². The summed E-state index contributed by atoms with van der Waals surface area (Å²) in [6.45, 7) is 0.477. The molecule has 0 aliphatic heterocycles. The van der Waals surface area contributed by atoms with Crippen molar-refractivity contribution in [3.05, 3.63) is 98.6 Å². The molecule has 204 valence electrons. The van der Waals surface area contributed by atoms with Crippen LogP contribution in [0.3, 0.4) is 0 Å². The number of anilines is 1. The molecule has 39 heavy (non-hydrogen) atoms. The quantitative estimate of drug-likeness (QED) is 0.182. The van der Waals surface area contributed by atoms with Crippen LogP contribution in [0, 0.1) is 0 Å². The lowest BCUT2D eigenvalue weighted by Crippen LogP contribution is -2.40. The fourth-order valence-corrected chi connectivity index (χ4v) is 5.85. The number of hydrogen-bond donors (Lipinski definition) is 2. The molecule has 0 spiro atoms. The number of fused-ring (bicyclic) bond motifs is 1. The maximum absolute atomic E-state index is 13.4. The van der Waals surface area contributed by atoms with Crippen LogP contribution in [0.25, 0.3) is 10.9 Å². The van der Waals surface area contributed by atoms with Crippen LogP contribution in [-0.2, 0) is 21.4 Å². The molecule has 0 aliphatic carbocycles. The minimum absolute atomic E-state index is 0.0230. The van der Waals surface area contributed by atoms with Gasteiger partial charge in [-0.1, -0.05) is 52.5 Å². The first-order valence-corrected chi connectivity index (χ1v) is 14.8. The lowest BCUT2D eigenvalue weighted by Gasteiger charge is -2.22. The van der Waals surface area contributed by atoms with Crippen molar-refractivity contribution >= 4 is 78.9 Å². The third-order valence-corrected chi connectivity index (χ3v) is 8.84. The molecule has 0 unspecified atom stereocenters. The number of pyridine rings is 1. The largest absolute Gasteiger partial charge is 0.384 e. The fraction of sp³-hybridized carbons (Fsp3) is 0.185. The number of hydrogen-bond acceptors (Lipinski definition) is 5. The van der Waals surface area contributed by atoms with E-state index in [-0.39, 0.29) is 18.0 Å². The fourth-order valence-electron chi connectivity index (χ4n) is 3.85. The number of nitrogens with one attached hydrogen (secondary N) is 2. The predicted octanol–water partition coefficient (Wildman–Crippen LogP) is 6.66. The van der Waals surface area contributed by atoms with Crippen molar-refractivity contribution < 1.29 is 13.2 Å². The summed E-state index contributed by atoms with van der Waals surface area (Å²) in [5.41, 5.74) is 2.28. The smallest absolute Gasteiger partial charge is 0.243 e. The number of rotatable bonds is 11. The summed E-state index contributed by atoms with van der Waals surface area (Å²) >= 11 is 24.1. The molecule has 12 heteroatoms. The number of amides is 1. The first-order chi connectivity index (χ1) is 18.6. The summed E-state index contributed by atoms with van der Waals surface area (Å²) in [5, 5.41) is 8.74. The molecule has 1 amide bonds. The number of halogens is 4. The minimum Gasteiger partial charge on any atom is -0.384 e. The summed E-state index contributed by atoms with van der Waals surface area (Å²) in [5.74, 6) is -0.434. The Morgan fingerprint density at radius 2 is 1.59 bits per heavy atom. The Morgan fingerprint density at radius 3 is 2.33 bits per heavy atom. The first kappa shape index (κ1) is 29.4. The summed E-state index contributed by atoms with van der Waals surface area (Å²) < 4.78 is 27.9. The number of benzene rings is 3. The summed E-state index contributed by atoms with van der Waals surface area (Å²) in [6.07, 6.45) is 2.31. The van der Waals surface area contributed by atoms with Crippen molar-refractivity contribution in [2.24, 2.45) is 0 Å². The van der Waals surface area contributed by atoms with Crippen molar-refractivity contribution in [1.29, 1.82) is 0 Å². The van der Waals surface area contributed by atoms with Gasteiger partial charge in [0.2, 0.25) is 15.9 Å². The number of aromatic nitrogens is 1. The first-order valence-electron chi connectivity index (χ1n) is 11.9. The van der Waals surface area contributed by atoms with Crippen LogP contribution in [0.1, 0.15) is 12.0 Å². The maximum Gasteiger partial charge on any atom is 0.243 e. The highest BCUT2D eigenvalue weighted by atomic mass is 35.5. The second-order valence-corrected chi connectivity index (χ2v) is 12.3. The second kappa shape index (κ2) is 13.2. The molecule has 0 fully saturated rings. The van der Waals surface area contributed by atoms with Gasteiger partial charge in [0, 0.05) is 46.9 Å². The zero-order chi connectivity index (χ0) is 28.0. The Balaban J connectivity index is 1.38. The zero-order valence-corrected chi connectivity index (χ0v) is 24.3. The van der Waals surface area contributed by atoms with Crippen molar-refractivity contribution in [1.82, 2.24) is 14.6 Å². The van der Waals surface area contributed by atoms with Crippen molar-refractivity contribution in [3.63, 3.8) is 0 Å². The summed E-state index contributed by atoms with van der Waals surface area (Å²) in [7, 11) is -4.02. The van der Waals surface area contributed by atoms with Gasteiger partial charge in [0.25, 0.3) is 0 Å². The van der Waals surface area contributed by atoms with Gasteiger partial charge in [-0.15, -0.1) is 0 Å². The van der Waals surface area contributed by atoms with Crippen LogP contribution in [-0.4, -0.2) is 43.2 Å². The Hall–Kier alpha value is -2.59. The molecule has 4 rings (SSSR count). The van der Waals surface area contributed by atoms with Gasteiger partial charge in [-0.3, -0.25) is 9.78 Å². The zero-order valence-electron chi connectivity index (χ0n) is 20.5. The van der Waals surface area contributed by atoms with Gasteiger partial charge < -0.3 is 10.6 Å². The minimum atomic E-state index is -4.02. The van der Waals surface area contributed by atoms with Crippen LogP contribution in [0.4, 0.5) is 5.69 Å². The van der Waals surface area contributed by atoms with Gasteiger partial charge in [0.15, 0.2) is 0 Å². The molecule has 1 aromatic heterocycles. The van der Waals surface area contributed by atoms with E-state index >= 15 is 0 Å². The lowest BCUT2D eigenvalue weighted by atomic mass is 10.2. The third-order valence-electron chi connectivity index (χ3n) is 5.81. The normalized spacial score (nSPS) is 11.6. The van der Waals surface area contributed by atoms with E-state index < -0.39 is 15.9 Å². The number of nitrogens with zero attached hydrogens (tertiary/aromatic N) is 2. The lowest BCUT2D eigenvalue weighted by molar-refractivity contribution is -0.121. The monoisotopic (exact) mass is 624 g/mol. The molecule has 0 saturated carbocycles. The summed E-state index contributed by atoms with van der Waals surface area (Å²) in [4.78, 5) is 17.2. The van der Waals surface area contributed by atoms with E-state index in [2.05, 4.69) is 15.6 Å². The molecule has 0 radical (unpaired) electrons. The number of carbonyl (C=O) groups is 1. The molecule has 0 aliphatic rings. The highest BCUT2D eigenvalue weighted by Crippen LogP contribution is 2.26. The predicted molar refractivity (Wildman–Crippen MR) is 158 cm³/mol. The molecule has 0 bridgehead atoms. The number of carbonyl (C=O) groups excluding carboxylic acids is 1. The third kappa shape index (κ3) is 7.75. The van der Waals surface area contributed by atoms with Gasteiger partial charge in [-0.25, -0.2) is 8.42 Å². The highest BCUT2D eigenvalue weighted by Gasteiger charge is 2.27. The maximum atomic E-state index is 13.4. The molecular formula is C27H24Cl4N4O3S. The van der Waals surface area contributed by atoms with Crippen LogP contribution in [0.2, 0.25) is 20.1 Å². The number of sulfonamides is 1. The average molecular weight is 626 g/mol. The Labute approximate surface area is 247 Å².